The molecule has 0 spiro atoms. The fraction of sp³-hybridized carbons (Fsp3) is 0.500. The summed E-state index contributed by atoms with van der Waals surface area (Å²) in [5.74, 6) is 0.648. The van der Waals surface area contributed by atoms with Crippen LogP contribution in [-0.2, 0) is 10.2 Å². The van der Waals surface area contributed by atoms with E-state index in [2.05, 4.69) is 0 Å². The third kappa shape index (κ3) is 2.97. The maximum Gasteiger partial charge on any atom is 0.304 e. The number of benzene rings is 1. The largest absolute Gasteiger partial charge is 0.486 e. The van der Waals surface area contributed by atoms with Gasteiger partial charge in [-0.2, -0.15) is 0 Å². The first-order valence-corrected chi connectivity index (χ1v) is 7.36. The summed E-state index contributed by atoms with van der Waals surface area (Å²) in [7, 11) is 0. The molecule has 104 valence electrons. The number of ether oxygens (including phenoxy) is 2. The van der Waals surface area contributed by atoms with Crippen molar-refractivity contribution in [3.05, 3.63) is 17.7 Å². The van der Waals surface area contributed by atoms with Crippen molar-refractivity contribution < 1.29 is 19.4 Å². The van der Waals surface area contributed by atoms with Crippen LogP contribution in [0.1, 0.15) is 25.8 Å². The van der Waals surface area contributed by atoms with Crippen LogP contribution in [0.4, 0.5) is 0 Å². The highest BCUT2D eigenvalue weighted by Crippen LogP contribution is 2.42. The van der Waals surface area contributed by atoms with Gasteiger partial charge in [0.05, 0.1) is 6.42 Å². The number of carboxylic acids is 1. The van der Waals surface area contributed by atoms with E-state index in [0.29, 0.717) is 19.0 Å². The molecule has 1 aliphatic rings. The van der Waals surface area contributed by atoms with Crippen molar-refractivity contribution in [1.29, 1.82) is 0 Å². The molecule has 0 saturated carbocycles. The zero-order valence-corrected chi connectivity index (χ0v) is 12.2. The number of fused-ring (bicyclic) bond motifs is 1. The molecule has 1 aliphatic heterocycles. The number of carbonyl (C=O) groups is 1. The number of rotatable bonds is 4. The van der Waals surface area contributed by atoms with E-state index in [1.54, 1.807) is 11.8 Å². The van der Waals surface area contributed by atoms with Gasteiger partial charge in [-0.1, -0.05) is 13.8 Å². The Morgan fingerprint density at radius 3 is 2.42 bits per heavy atom. The first kappa shape index (κ1) is 14.1. The van der Waals surface area contributed by atoms with E-state index in [9.17, 15) is 4.79 Å². The van der Waals surface area contributed by atoms with Crippen LogP contribution in [0.3, 0.4) is 0 Å². The molecule has 0 unspecified atom stereocenters. The first-order valence-electron chi connectivity index (χ1n) is 6.14. The van der Waals surface area contributed by atoms with Gasteiger partial charge >= 0.3 is 5.97 Å². The quantitative estimate of drug-likeness (QED) is 0.860. The smallest absolute Gasteiger partial charge is 0.304 e. The highest BCUT2D eigenvalue weighted by atomic mass is 32.2. The standard InChI is InChI=1S/C14H18O4S/c1-14(2,8-13(15)16)9-6-10-11(7-12(9)19-3)18-5-4-17-10/h6-7H,4-5,8H2,1-3H3,(H,15,16). The van der Waals surface area contributed by atoms with Crippen molar-refractivity contribution in [2.75, 3.05) is 19.5 Å². The Morgan fingerprint density at radius 1 is 1.32 bits per heavy atom. The summed E-state index contributed by atoms with van der Waals surface area (Å²) in [6.45, 7) is 4.96. The molecule has 0 saturated heterocycles. The summed E-state index contributed by atoms with van der Waals surface area (Å²) in [6.07, 6.45) is 2.06. The zero-order valence-electron chi connectivity index (χ0n) is 11.4. The maximum absolute atomic E-state index is 11.0. The van der Waals surface area contributed by atoms with Crippen LogP contribution in [0.5, 0.6) is 11.5 Å². The molecule has 0 aromatic heterocycles. The van der Waals surface area contributed by atoms with E-state index in [-0.39, 0.29) is 6.42 Å². The molecule has 1 heterocycles. The molecule has 0 atom stereocenters. The Labute approximate surface area is 117 Å². The third-order valence-electron chi connectivity index (χ3n) is 3.19. The van der Waals surface area contributed by atoms with Crippen LogP contribution in [-0.4, -0.2) is 30.5 Å². The number of hydrogen-bond donors (Lipinski definition) is 1. The van der Waals surface area contributed by atoms with Crippen molar-refractivity contribution in [3.63, 3.8) is 0 Å². The second kappa shape index (κ2) is 5.33. The lowest BCUT2D eigenvalue weighted by atomic mass is 9.81. The molecular weight excluding hydrogens is 264 g/mol. The van der Waals surface area contributed by atoms with E-state index in [1.807, 2.05) is 32.2 Å². The molecular formula is C14H18O4S. The van der Waals surface area contributed by atoms with Crippen molar-refractivity contribution in [3.8, 4) is 11.5 Å². The van der Waals surface area contributed by atoms with Crippen LogP contribution in [0.2, 0.25) is 0 Å². The van der Waals surface area contributed by atoms with Crippen molar-refractivity contribution >= 4 is 17.7 Å². The minimum atomic E-state index is -0.799. The summed E-state index contributed by atoms with van der Waals surface area (Å²) in [6, 6.07) is 3.86. The van der Waals surface area contributed by atoms with Gasteiger partial charge in [-0.15, -0.1) is 11.8 Å². The Bertz CT molecular complexity index is 496. The van der Waals surface area contributed by atoms with E-state index in [4.69, 9.17) is 14.6 Å². The second-order valence-electron chi connectivity index (χ2n) is 5.15. The summed E-state index contributed by atoms with van der Waals surface area (Å²) in [5, 5.41) is 9.05. The van der Waals surface area contributed by atoms with Gasteiger partial charge in [-0.3, -0.25) is 4.79 Å². The molecule has 1 aromatic carbocycles. The van der Waals surface area contributed by atoms with Crippen molar-refractivity contribution in [1.82, 2.24) is 0 Å². The monoisotopic (exact) mass is 282 g/mol. The Balaban J connectivity index is 2.46. The first-order chi connectivity index (χ1) is 8.94. The Hall–Kier alpha value is -1.36. The van der Waals surface area contributed by atoms with Gasteiger partial charge < -0.3 is 14.6 Å². The molecule has 1 N–H and O–H groups in total. The van der Waals surface area contributed by atoms with E-state index < -0.39 is 11.4 Å². The van der Waals surface area contributed by atoms with Crippen LogP contribution in [0.25, 0.3) is 0 Å². The van der Waals surface area contributed by atoms with Gasteiger partial charge in [0.2, 0.25) is 0 Å². The van der Waals surface area contributed by atoms with Crippen molar-refractivity contribution in [2.24, 2.45) is 0 Å². The van der Waals surface area contributed by atoms with Crippen LogP contribution < -0.4 is 9.47 Å². The van der Waals surface area contributed by atoms with Gasteiger partial charge in [0.15, 0.2) is 11.5 Å². The van der Waals surface area contributed by atoms with E-state index in [1.165, 1.54) is 0 Å². The lowest BCUT2D eigenvalue weighted by molar-refractivity contribution is -0.138. The molecule has 0 bridgehead atoms. The van der Waals surface area contributed by atoms with Gasteiger partial charge in [0.1, 0.15) is 13.2 Å². The molecule has 2 rings (SSSR count). The summed E-state index contributed by atoms with van der Waals surface area (Å²) in [4.78, 5) is 12.1. The molecule has 0 aliphatic carbocycles. The Morgan fingerprint density at radius 2 is 1.89 bits per heavy atom. The number of thioether (sulfide) groups is 1. The lowest BCUT2D eigenvalue weighted by Gasteiger charge is -2.28. The highest BCUT2D eigenvalue weighted by molar-refractivity contribution is 7.98. The third-order valence-corrected chi connectivity index (χ3v) is 3.96. The topological polar surface area (TPSA) is 55.8 Å². The van der Waals surface area contributed by atoms with Gasteiger partial charge in [-0.25, -0.2) is 0 Å². The number of hydrogen-bond acceptors (Lipinski definition) is 4. The molecule has 19 heavy (non-hydrogen) atoms. The second-order valence-corrected chi connectivity index (χ2v) is 6.00. The van der Waals surface area contributed by atoms with E-state index in [0.717, 1.165) is 16.2 Å². The van der Waals surface area contributed by atoms with Gasteiger partial charge in [0, 0.05) is 10.3 Å². The summed E-state index contributed by atoms with van der Waals surface area (Å²) >= 11 is 1.59. The molecule has 0 radical (unpaired) electrons. The summed E-state index contributed by atoms with van der Waals surface area (Å²) < 4.78 is 11.1. The fourth-order valence-corrected chi connectivity index (χ4v) is 3.02. The van der Waals surface area contributed by atoms with Gasteiger partial charge in [-0.05, 0) is 24.0 Å². The zero-order chi connectivity index (χ0) is 14.0. The SMILES string of the molecule is CSc1cc2c(cc1C(C)(C)CC(=O)O)OCCO2. The average Bonchev–Trinajstić information content (AvgIpc) is 2.35. The summed E-state index contributed by atoms with van der Waals surface area (Å²) in [5.41, 5.74) is 0.548. The predicted molar refractivity (Wildman–Crippen MR) is 74.5 cm³/mol. The molecule has 0 amide bonds. The van der Waals surface area contributed by atoms with Gasteiger partial charge in [0.25, 0.3) is 0 Å². The molecule has 1 aromatic rings. The Kier molecular flexibility index (Phi) is 3.94. The fourth-order valence-electron chi connectivity index (χ4n) is 2.24. The minimum Gasteiger partial charge on any atom is -0.486 e. The predicted octanol–water partition coefficient (Wildman–Crippen LogP) is 2.93. The van der Waals surface area contributed by atoms with Crippen LogP contribution in [0.15, 0.2) is 17.0 Å². The van der Waals surface area contributed by atoms with Crippen LogP contribution in [0, 0.1) is 0 Å². The normalized spacial score (nSPS) is 14.3. The minimum absolute atomic E-state index is 0.0835. The lowest BCUT2D eigenvalue weighted by Crippen LogP contribution is -2.23. The molecule has 4 nitrogen and oxygen atoms in total. The maximum atomic E-state index is 11.0. The van der Waals surface area contributed by atoms with Crippen molar-refractivity contribution in [2.45, 2.75) is 30.6 Å². The number of aliphatic carboxylic acids is 1. The average molecular weight is 282 g/mol. The van der Waals surface area contributed by atoms with E-state index >= 15 is 0 Å². The number of carboxylic acid groups (broad SMARTS) is 1. The molecule has 0 fully saturated rings. The molecule has 5 heteroatoms. The van der Waals surface area contributed by atoms with Crippen LogP contribution >= 0.6 is 11.8 Å². The highest BCUT2D eigenvalue weighted by Gasteiger charge is 2.29.